The van der Waals surface area contributed by atoms with Crippen molar-refractivity contribution in [1.29, 1.82) is 0 Å². The van der Waals surface area contributed by atoms with Crippen LogP contribution in [0.1, 0.15) is 34.1 Å². The molecule has 0 aliphatic rings. The van der Waals surface area contributed by atoms with Gasteiger partial charge in [-0.3, -0.25) is 0 Å². The van der Waals surface area contributed by atoms with Crippen LogP contribution in [0.3, 0.4) is 0 Å². The molecule has 0 radical (unpaired) electrons. The highest BCUT2D eigenvalue weighted by molar-refractivity contribution is 14.0. The molecule has 0 saturated carbocycles. The van der Waals surface area contributed by atoms with Crippen LogP contribution in [0.15, 0.2) is 0 Å². The molecule has 0 heterocycles. The number of hydrogen-bond acceptors (Lipinski definition) is 2. The average molecular weight is 287 g/mol. The van der Waals surface area contributed by atoms with E-state index >= 15 is 0 Å². The second-order valence-corrected chi connectivity index (χ2v) is 3.43. The van der Waals surface area contributed by atoms with E-state index in [0.29, 0.717) is 6.54 Å². The van der Waals surface area contributed by atoms with Crippen molar-refractivity contribution in [3.63, 3.8) is 0 Å². The predicted octanol–water partition coefficient (Wildman–Crippen LogP) is 2.54. The van der Waals surface area contributed by atoms with Crippen LogP contribution in [0, 0.1) is 0 Å². The molecule has 4 heteroatoms. The van der Waals surface area contributed by atoms with E-state index in [1.54, 1.807) is 0 Å². The van der Waals surface area contributed by atoms with Gasteiger partial charge in [0.1, 0.15) is 5.60 Å². The monoisotopic (exact) mass is 287 g/mol. The summed E-state index contributed by atoms with van der Waals surface area (Å²) in [4.78, 5) is 10.9. The van der Waals surface area contributed by atoms with Gasteiger partial charge >= 0.3 is 6.09 Å². The van der Waals surface area contributed by atoms with Gasteiger partial charge in [-0.15, -0.1) is 24.0 Å². The third-order valence-electron chi connectivity index (χ3n) is 0.918. The van der Waals surface area contributed by atoms with Crippen LogP contribution in [0.25, 0.3) is 0 Å². The molecule has 0 saturated heterocycles. The van der Waals surface area contributed by atoms with Crippen LogP contribution < -0.4 is 5.32 Å². The van der Waals surface area contributed by atoms with Crippen LogP contribution >= 0.6 is 24.0 Å². The first kappa shape index (κ1) is 14.5. The van der Waals surface area contributed by atoms with Crippen LogP contribution in [0.2, 0.25) is 0 Å². The van der Waals surface area contributed by atoms with Gasteiger partial charge in [0.05, 0.1) is 0 Å². The Morgan fingerprint density at radius 3 is 2.25 bits per heavy atom. The maximum atomic E-state index is 10.9. The lowest BCUT2D eigenvalue weighted by Crippen LogP contribution is -2.32. The maximum absolute atomic E-state index is 10.9. The minimum Gasteiger partial charge on any atom is -0.444 e. The fourth-order valence-corrected chi connectivity index (χ4v) is 0.541. The van der Waals surface area contributed by atoms with E-state index in [0.717, 1.165) is 6.42 Å². The highest BCUT2D eigenvalue weighted by Gasteiger charge is 2.14. The second kappa shape index (κ2) is 6.51. The van der Waals surface area contributed by atoms with Gasteiger partial charge in [-0.05, 0) is 27.2 Å². The molecule has 0 unspecified atom stereocenters. The van der Waals surface area contributed by atoms with Crippen molar-refractivity contribution in [1.82, 2.24) is 5.32 Å². The van der Waals surface area contributed by atoms with Gasteiger partial charge in [-0.2, -0.15) is 0 Å². The SMILES string of the molecule is CCCNC(=O)OC(C)(C)C.I. The minimum absolute atomic E-state index is 0. The van der Waals surface area contributed by atoms with Crippen molar-refractivity contribution >= 4 is 30.1 Å². The van der Waals surface area contributed by atoms with E-state index in [9.17, 15) is 4.79 Å². The molecule has 0 fully saturated rings. The van der Waals surface area contributed by atoms with Crippen LogP contribution in [-0.2, 0) is 4.74 Å². The molecule has 12 heavy (non-hydrogen) atoms. The summed E-state index contributed by atoms with van der Waals surface area (Å²) < 4.78 is 4.99. The standard InChI is InChI=1S/C8H17NO2.HI/c1-5-6-9-7(10)11-8(2,3)4;/h5-6H2,1-4H3,(H,9,10);1H. The summed E-state index contributed by atoms with van der Waals surface area (Å²) in [7, 11) is 0. The molecule has 0 atom stereocenters. The molecule has 0 aliphatic carbocycles. The fourth-order valence-electron chi connectivity index (χ4n) is 0.541. The van der Waals surface area contributed by atoms with Crippen molar-refractivity contribution in [2.45, 2.75) is 39.7 Å². The number of carbonyl (C=O) groups excluding carboxylic acids is 1. The lowest BCUT2D eigenvalue weighted by atomic mass is 10.2. The Morgan fingerprint density at radius 2 is 1.92 bits per heavy atom. The first-order chi connectivity index (χ1) is 4.95. The fraction of sp³-hybridized carbons (Fsp3) is 0.875. The smallest absolute Gasteiger partial charge is 0.407 e. The highest BCUT2D eigenvalue weighted by Crippen LogP contribution is 2.05. The summed E-state index contributed by atoms with van der Waals surface area (Å²) in [5, 5.41) is 2.63. The number of ether oxygens (including phenoxy) is 1. The molecule has 0 bridgehead atoms. The molecule has 0 aromatic rings. The lowest BCUT2D eigenvalue weighted by molar-refractivity contribution is 0.0528. The normalized spacial score (nSPS) is 10.0. The van der Waals surface area contributed by atoms with Crippen molar-refractivity contribution in [2.24, 2.45) is 0 Å². The molecule has 0 aliphatic heterocycles. The molecule has 0 rings (SSSR count). The summed E-state index contributed by atoms with van der Waals surface area (Å²) in [5.74, 6) is 0. The van der Waals surface area contributed by atoms with Gasteiger partial charge in [0.2, 0.25) is 0 Å². The Bertz CT molecular complexity index is 132. The highest BCUT2D eigenvalue weighted by atomic mass is 127. The largest absolute Gasteiger partial charge is 0.444 e. The molecule has 74 valence electrons. The molecular weight excluding hydrogens is 269 g/mol. The van der Waals surface area contributed by atoms with Crippen LogP contribution in [-0.4, -0.2) is 18.2 Å². The van der Waals surface area contributed by atoms with Gasteiger partial charge in [0.25, 0.3) is 0 Å². The third-order valence-corrected chi connectivity index (χ3v) is 0.918. The van der Waals surface area contributed by atoms with Gasteiger partial charge in [0, 0.05) is 6.54 Å². The summed E-state index contributed by atoms with van der Waals surface area (Å²) in [6, 6.07) is 0. The summed E-state index contributed by atoms with van der Waals surface area (Å²) >= 11 is 0. The number of halogens is 1. The number of nitrogens with one attached hydrogen (secondary N) is 1. The summed E-state index contributed by atoms with van der Waals surface area (Å²) in [6.45, 7) is 8.21. The first-order valence-electron chi connectivity index (χ1n) is 3.92. The predicted molar refractivity (Wildman–Crippen MR) is 59.9 cm³/mol. The van der Waals surface area contributed by atoms with E-state index in [1.165, 1.54) is 0 Å². The average Bonchev–Trinajstić information content (AvgIpc) is 1.79. The maximum Gasteiger partial charge on any atom is 0.407 e. The zero-order valence-electron chi connectivity index (χ0n) is 8.14. The molecule has 0 spiro atoms. The number of alkyl carbamates (subject to hydrolysis) is 1. The Hall–Kier alpha value is 0. The van der Waals surface area contributed by atoms with Gasteiger partial charge < -0.3 is 10.1 Å². The Morgan fingerprint density at radius 1 is 1.42 bits per heavy atom. The van der Waals surface area contributed by atoms with Crippen molar-refractivity contribution in [3.05, 3.63) is 0 Å². The lowest BCUT2D eigenvalue weighted by Gasteiger charge is -2.19. The third kappa shape index (κ3) is 10.0. The Kier molecular flexibility index (Phi) is 7.88. The Labute approximate surface area is 91.3 Å². The number of carbonyl (C=O) groups is 1. The van der Waals surface area contributed by atoms with E-state index in [-0.39, 0.29) is 30.1 Å². The second-order valence-electron chi connectivity index (χ2n) is 3.43. The zero-order chi connectivity index (χ0) is 8.91. The molecular formula is C8H18INO2. The van der Waals surface area contributed by atoms with Crippen molar-refractivity contribution in [3.8, 4) is 0 Å². The molecule has 0 aromatic carbocycles. The van der Waals surface area contributed by atoms with Gasteiger partial charge in [-0.25, -0.2) is 4.79 Å². The molecule has 3 nitrogen and oxygen atoms in total. The Balaban J connectivity index is 0. The van der Waals surface area contributed by atoms with Crippen LogP contribution in [0.4, 0.5) is 4.79 Å². The minimum atomic E-state index is -0.391. The van der Waals surface area contributed by atoms with E-state index in [4.69, 9.17) is 4.74 Å². The molecule has 1 amide bonds. The van der Waals surface area contributed by atoms with Gasteiger partial charge in [-0.1, -0.05) is 6.92 Å². The first-order valence-corrected chi connectivity index (χ1v) is 3.92. The number of hydrogen-bond donors (Lipinski definition) is 1. The molecule has 0 aromatic heterocycles. The zero-order valence-corrected chi connectivity index (χ0v) is 10.5. The number of amides is 1. The number of rotatable bonds is 2. The summed E-state index contributed by atoms with van der Waals surface area (Å²) in [6.07, 6.45) is 0.596. The van der Waals surface area contributed by atoms with E-state index in [2.05, 4.69) is 5.32 Å². The van der Waals surface area contributed by atoms with Gasteiger partial charge in [0.15, 0.2) is 0 Å². The van der Waals surface area contributed by atoms with Crippen molar-refractivity contribution < 1.29 is 9.53 Å². The van der Waals surface area contributed by atoms with E-state index in [1.807, 2.05) is 27.7 Å². The summed E-state index contributed by atoms with van der Waals surface area (Å²) in [5.41, 5.74) is -0.391. The topological polar surface area (TPSA) is 38.3 Å². The molecule has 1 N–H and O–H groups in total. The van der Waals surface area contributed by atoms with Crippen molar-refractivity contribution in [2.75, 3.05) is 6.54 Å². The van der Waals surface area contributed by atoms with Crippen LogP contribution in [0.5, 0.6) is 0 Å². The van der Waals surface area contributed by atoms with E-state index < -0.39 is 5.60 Å². The quantitative estimate of drug-likeness (QED) is 0.793.